The van der Waals surface area contributed by atoms with Gasteiger partial charge in [0.25, 0.3) is 0 Å². The van der Waals surface area contributed by atoms with Gasteiger partial charge in [-0.25, -0.2) is 0 Å². The Morgan fingerprint density at radius 1 is 1.22 bits per heavy atom. The van der Waals surface area contributed by atoms with Crippen LogP contribution in [0, 0.1) is 0 Å². The molecular weight excluding hydrogens is 335 g/mol. The molecule has 23 heavy (non-hydrogen) atoms. The van der Waals surface area contributed by atoms with Crippen LogP contribution in [0.25, 0.3) is 0 Å². The Bertz CT molecular complexity index is 764. The molecule has 0 radical (unpaired) electrons. The normalized spacial score (nSPS) is 11.5. The molecule has 0 aliphatic rings. The standard InChI is InChI=1S/C15H11ClF3NO3/c1-20-10(7-12(21)22)6-11(16)13(20)14(23)8-2-4-9(5-3-8)15(17,18)19/h2-6H,7H2,1H3,(H,21,22). The van der Waals surface area contributed by atoms with Crippen molar-refractivity contribution in [3.63, 3.8) is 0 Å². The highest BCUT2D eigenvalue weighted by Gasteiger charge is 2.30. The number of benzene rings is 1. The third-order valence-corrected chi connectivity index (χ3v) is 3.60. The fourth-order valence-corrected chi connectivity index (χ4v) is 2.49. The second-order valence-corrected chi connectivity index (χ2v) is 5.27. The molecule has 0 aliphatic heterocycles. The lowest BCUT2D eigenvalue weighted by Gasteiger charge is -2.09. The van der Waals surface area contributed by atoms with Crippen LogP contribution in [0.2, 0.25) is 5.02 Å². The molecule has 0 amide bonds. The van der Waals surface area contributed by atoms with Crippen LogP contribution >= 0.6 is 11.6 Å². The molecule has 4 nitrogen and oxygen atoms in total. The quantitative estimate of drug-likeness (QED) is 0.862. The van der Waals surface area contributed by atoms with E-state index in [1.54, 1.807) is 0 Å². The van der Waals surface area contributed by atoms with E-state index in [1.165, 1.54) is 17.7 Å². The van der Waals surface area contributed by atoms with Gasteiger partial charge in [-0.15, -0.1) is 0 Å². The van der Waals surface area contributed by atoms with Crippen LogP contribution in [0.4, 0.5) is 13.2 Å². The highest BCUT2D eigenvalue weighted by molar-refractivity contribution is 6.34. The summed E-state index contributed by atoms with van der Waals surface area (Å²) in [5, 5.41) is 8.86. The third-order valence-electron chi connectivity index (χ3n) is 3.31. The predicted octanol–water partition coefficient (Wildman–Crippen LogP) is 3.56. The minimum Gasteiger partial charge on any atom is -0.481 e. The lowest BCUT2D eigenvalue weighted by atomic mass is 10.1. The van der Waals surface area contributed by atoms with E-state index in [9.17, 15) is 22.8 Å². The van der Waals surface area contributed by atoms with Gasteiger partial charge in [0.15, 0.2) is 0 Å². The van der Waals surface area contributed by atoms with Crippen LogP contribution in [0.3, 0.4) is 0 Å². The summed E-state index contributed by atoms with van der Waals surface area (Å²) in [5.74, 6) is -1.67. The topological polar surface area (TPSA) is 59.3 Å². The SMILES string of the molecule is Cn1c(CC(=O)O)cc(Cl)c1C(=O)c1ccc(C(F)(F)F)cc1. The van der Waals surface area contributed by atoms with Gasteiger partial charge in [-0.1, -0.05) is 23.7 Å². The minimum atomic E-state index is -4.49. The van der Waals surface area contributed by atoms with E-state index in [4.69, 9.17) is 16.7 Å². The van der Waals surface area contributed by atoms with Crippen molar-refractivity contribution >= 4 is 23.4 Å². The fourth-order valence-electron chi connectivity index (χ4n) is 2.15. The Kier molecular flexibility index (Phi) is 4.51. The van der Waals surface area contributed by atoms with Crippen LogP contribution in [-0.4, -0.2) is 21.4 Å². The molecule has 2 aromatic rings. The Morgan fingerprint density at radius 3 is 2.26 bits per heavy atom. The zero-order chi connectivity index (χ0) is 17.4. The van der Waals surface area contributed by atoms with E-state index >= 15 is 0 Å². The molecule has 1 aromatic heterocycles. The van der Waals surface area contributed by atoms with Crippen LogP contribution in [-0.2, 0) is 24.4 Å². The maximum Gasteiger partial charge on any atom is 0.416 e. The Hall–Kier alpha value is -2.28. The lowest BCUT2D eigenvalue weighted by Crippen LogP contribution is -2.12. The first-order valence-corrected chi connectivity index (χ1v) is 6.77. The summed E-state index contributed by atoms with van der Waals surface area (Å²) in [5.41, 5.74) is -0.484. The van der Waals surface area contributed by atoms with Gasteiger partial charge in [0.1, 0.15) is 5.69 Å². The van der Waals surface area contributed by atoms with Crippen molar-refractivity contribution < 1.29 is 27.9 Å². The second-order valence-electron chi connectivity index (χ2n) is 4.87. The average molecular weight is 346 g/mol. The van der Waals surface area contributed by atoms with Crippen molar-refractivity contribution in [2.24, 2.45) is 7.05 Å². The van der Waals surface area contributed by atoms with Gasteiger partial charge in [-0.3, -0.25) is 9.59 Å². The van der Waals surface area contributed by atoms with Crippen molar-refractivity contribution in [1.29, 1.82) is 0 Å². The Morgan fingerprint density at radius 2 is 1.78 bits per heavy atom. The van der Waals surface area contributed by atoms with Crippen LogP contribution in [0.15, 0.2) is 30.3 Å². The fraction of sp³-hybridized carbons (Fsp3) is 0.200. The third kappa shape index (κ3) is 3.56. The molecule has 1 N–H and O–H groups in total. The minimum absolute atomic E-state index is 0.0303. The highest BCUT2D eigenvalue weighted by Crippen LogP contribution is 2.30. The van der Waals surface area contributed by atoms with E-state index < -0.39 is 23.5 Å². The van der Waals surface area contributed by atoms with Gasteiger partial charge < -0.3 is 9.67 Å². The monoisotopic (exact) mass is 345 g/mol. The van der Waals surface area contributed by atoms with Crippen molar-refractivity contribution in [2.45, 2.75) is 12.6 Å². The number of hydrogen-bond acceptors (Lipinski definition) is 2. The Labute approximate surface area is 134 Å². The summed E-state index contributed by atoms with van der Waals surface area (Å²) in [6.45, 7) is 0. The molecule has 0 spiro atoms. The largest absolute Gasteiger partial charge is 0.481 e. The first-order chi connectivity index (χ1) is 10.6. The smallest absolute Gasteiger partial charge is 0.416 e. The number of alkyl halides is 3. The molecule has 122 valence electrons. The number of nitrogens with zero attached hydrogens (tertiary/aromatic N) is 1. The second kappa shape index (κ2) is 6.08. The molecule has 8 heteroatoms. The van der Waals surface area contributed by atoms with Crippen LogP contribution in [0.5, 0.6) is 0 Å². The molecule has 0 saturated carbocycles. The van der Waals surface area contributed by atoms with E-state index in [0.717, 1.165) is 24.3 Å². The first kappa shape index (κ1) is 17.1. The number of rotatable bonds is 4. The maximum absolute atomic E-state index is 12.5. The number of aliphatic carboxylic acids is 1. The van der Waals surface area contributed by atoms with Gasteiger partial charge in [0.05, 0.1) is 17.0 Å². The molecule has 0 saturated heterocycles. The molecule has 0 atom stereocenters. The average Bonchev–Trinajstić information content (AvgIpc) is 2.71. The van der Waals surface area contributed by atoms with E-state index in [1.807, 2.05) is 0 Å². The number of carbonyl (C=O) groups excluding carboxylic acids is 1. The molecule has 2 rings (SSSR count). The van der Waals surface area contributed by atoms with Crippen molar-refractivity contribution in [2.75, 3.05) is 0 Å². The number of hydrogen-bond donors (Lipinski definition) is 1. The number of halogens is 4. The number of ketones is 1. The van der Waals surface area contributed by atoms with Crippen LogP contribution in [0.1, 0.15) is 27.3 Å². The summed E-state index contributed by atoms with van der Waals surface area (Å²) in [6.07, 6.45) is -4.81. The molecular formula is C15H11ClF3NO3. The van der Waals surface area contributed by atoms with Gasteiger partial charge >= 0.3 is 12.1 Å². The number of carboxylic acid groups (broad SMARTS) is 1. The van der Waals surface area contributed by atoms with Gasteiger partial charge in [0, 0.05) is 18.3 Å². The predicted molar refractivity (Wildman–Crippen MR) is 76.6 cm³/mol. The van der Waals surface area contributed by atoms with E-state index in [0.29, 0.717) is 5.69 Å². The molecule has 0 unspecified atom stereocenters. The van der Waals surface area contributed by atoms with Crippen LogP contribution < -0.4 is 0 Å². The van der Waals surface area contributed by atoms with Gasteiger partial charge in [-0.05, 0) is 18.2 Å². The molecule has 1 heterocycles. The van der Waals surface area contributed by atoms with Gasteiger partial charge in [0.2, 0.25) is 5.78 Å². The maximum atomic E-state index is 12.5. The summed E-state index contributed by atoms with van der Waals surface area (Å²) in [6, 6.07) is 5.09. The number of carbonyl (C=O) groups is 2. The zero-order valence-electron chi connectivity index (χ0n) is 11.8. The molecule has 1 aromatic carbocycles. The summed E-state index contributed by atoms with van der Waals surface area (Å²) < 4.78 is 38.9. The molecule has 0 fully saturated rings. The molecule has 0 bridgehead atoms. The van der Waals surface area contributed by atoms with Crippen molar-refractivity contribution in [3.05, 3.63) is 57.9 Å². The lowest BCUT2D eigenvalue weighted by molar-refractivity contribution is -0.138. The number of carboxylic acids is 1. The van der Waals surface area contributed by atoms with Gasteiger partial charge in [-0.2, -0.15) is 13.2 Å². The molecule has 0 aliphatic carbocycles. The summed E-state index contributed by atoms with van der Waals surface area (Å²) in [7, 11) is 1.47. The van der Waals surface area contributed by atoms with E-state index in [-0.39, 0.29) is 22.7 Å². The summed E-state index contributed by atoms with van der Waals surface area (Å²) >= 11 is 5.97. The van der Waals surface area contributed by atoms with E-state index in [2.05, 4.69) is 0 Å². The first-order valence-electron chi connectivity index (χ1n) is 6.39. The van der Waals surface area contributed by atoms with Crippen molar-refractivity contribution in [3.8, 4) is 0 Å². The summed E-state index contributed by atoms with van der Waals surface area (Å²) in [4.78, 5) is 23.2. The Balaban J connectivity index is 2.37. The van der Waals surface area contributed by atoms with Crippen molar-refractivity contribution in [1.82, 2.24) is 4.57 Å². The number of aromatic nitrogens is 1. The zero-order valence-corrected chi connectivity index (χ0v) is 12.6. The highest BCUT2D eigenvalue weighted by atomic mass is 35.5.